The quantitative estimate of drug-likeness (QED) is 0.505. The predicted octanol–water partition coefficient (Wildman–Crippen LogP) is 2.77. The third-order valence-corrected chi connectivity index (χ3v) is 5.13. The zero-order valence-electron chi connectivity index (χ0n) is 14.2. The van der Waals surface area contributed by atoms with Crippen molar-refractivity contribution in [1.82, 2.24) is 4.72 Å². The number of carbonyl (C=O) groups excluding carboxylic acids is 1. The molecule has 0 spiro atoms. The average molecular weight is 409 g/mol. The molecular formula is C18H17ClN2O5S. The Hall–Kier alpha value is -2.60. The van der Waals surface area contributed by atoms with Crippen molar-refractivity contribution in [3.05, 3.63) is 59.1 Å². The highest BCUT2D eigenvalue weighted by molar-refractivity contribution is 7.89. The Morgan fingerprint density at radius 3 is 2.48 bits per heavy atom. The van der Waals surface area contributed by atoms with E-state index >= 15 is 0 Å². The lowest BCUT2D eigenvalue weighted by molar-refractivity contribution is 0.0450. The number of nitrogens with zero attached hydrogens (tertiary/aromatic N) is 1. The Morgan fingerprint density at radius 1 is 1.11 bits per heavy atom. The van der Waals surface area contributed by atoms with Gasteiger partial charge in [-0.25, -0.2) is 17.9 Å². The molecule has 27 heavy (non-hydrogen) atoms. The molecule has 0 bridgehead atoms. The maximum atomic E-state index is 12.0. The molecule has 0 aromatic heterocycles. The number of halogens is 1. The van der Waals surface area contributed by atoms with Crippen molar-refractivity contribution in [3.63, 3.8) is 0 Å². The minimum absolute atomic E-state index is 0.000886. The highest BCUT2D eigenvalue weighted by Gasteiger charge is 2.15. The van der Waals surface area contributed by atoms with Crippen molar-refractivity contribution in [2.24, 2.45) is 0 Å². The van der Waals surface area contributed by atoms with E-state index in [4.69, 9.17) is 26.3 Å². The molecule has 0 saturated carbocycles. The summed E-state index contributed by atoms with van der Waals surface area (Å²) in [5.41, 5.74) is 0.212. The van der Waals surface area contributed by atoms with Gasteiger partial charge in [0, 0.05) is 13.0 Å². The summed E-state index contributed by atoms with van der Waals surface area (Å²) in [6, 6.07) is 14.1. The Bertz CT molecular complexity index is 924. The molecule has 0 aliphatic rings. The van der Waals surface area contributed by atoms with Crippen LogP contribution < -0.4 is 9.46 Å². The highest BCUT2D eigenvalue weighted by Crippen LogP contribution is 2.22. The first kappa shape index (κ1) is 20.7. The summed E-state index contributed by atoms with van der Waals surface area (Å²) in [5, 5.41) is 8.91. The van der Waals surface area contributed by atoms with Gasteiger partial charge in [-0.1, -0.05) is 23.7 Å². The van der Waals surface area contributed by atoms with Crippen LogP contribution >= 0.6 is 11.6 Å². The number of ether oxygens (including phenoxy) is 2. The molecule has 2 aromatic carbocycles. The lowest BCUT2D eigenvalue weighted by Gasteiger charge is -2.09. The van der Waals surface area contributed by atoms with Crippen LogP contribution in [-0.2, 0) is 14.8 Å². The molecule has 0 aliphatic carbocycles. The Balaban J connectivity index is 1.85. The molecule has 142 valence electrons. The fraction of sp³-hybridized carbons (Fsp3) is 0.222. The molecule has 7 nitrogen and oxygen atoms in total. The second kappa shape index (κ2) is 9.92. The third-order valence-electron chi connectivity index (χ3n) is 3.34. The van der Waals surface area contributed by atoms with E-state index in [0.717, 1.165) is 0 Å². The summed E-state index contributed by atoms with van der Waals surface area (Å²) in [6.45, 7) is 0.165. The van der Waals surface area contributed by atoms with Crippen molar-refractivity contribution in [3.8, 4) is 11.8 Å². The van der Waals surface area contributed by atoms with Gasteiger partial charge in [0.05, 0.1) is 21.6 Å². The van der Waals surface area contributed by atoms with Crippen molar-refractivity contribution in [1.29, 1.82) is 5.26 Å². The average Bonchev–Trinajstić information content (AvgIpc) is 2.66. The molecule has 0 amide bonds. The number of benzene rings is 2. The highest BCUT2D eigenvalue weighted by atomic mass is 35.5. The van der Waals surface area contributed by atoms with Crippen molar-refractivity contribution < 1.29 is 22.7 Å². The molecule has 9 heteroatoms. The fourth-order valence-corrected chi connectivity index (χ4v) is 3.25. The number of para-hydroxylation sites is 1. The summed E-state index contributed by atoms with van der Waals surface area (Å²) >= 11 is 5.95. The van der Waals surface area contributed by atoms with Crippen LogP contribution in [0.5, 0.6) is 5.75 Å². The van der Waals surface area contributed by atoms with E-state index in [1.807, 2.05) is 6.07 Å². The van der Waals surface area contributed by atoms with Gasteiger partial charge in [0.1, 0.15) is 19.0 Å². The van der Waals surface area contributed by atoms with E-state index in [0.29, 0.717) is 10.8 Å². The minimum Gasteiger partial charge on any atom is -0.488 e. The number of esters is 1. The molecule has 1 N–H and O–H groups in total. The van der Waals surface area contributed by atoms with Crippen molar-refractivity contribution >= 4 is 27.6 Å². The molecule has 0 radical (unpaired) electrons. The first-order valence-corrected chi connectivity index (χ1v) is 9.81. The molecule has 0 unspecified atom stereocenters. The Morgan fingerprint density at radius 2 is 1.81 bits per heavy atom. The van der Waals surface area contributed by atoms with Crippen LogP contribution in [0.2, 0.25) is 5.02 Å². The number of carbonyl (C=O) groups is 1. The summed E-state index contributed by atoms with van der Waals surface area (Å²) in [6.07, 6.45) is 0.0693. The topological polar surface area (TPSA) is 105 Å². The SMILES string of the molecule is N#CCCNS(=O)(=O)c1ccc(C(=O)OCCOc2ccccc2Cl)cc1. The second-order valence-corrected chi connectivity index (χ2v) is 7.42. The van der Waals surface area contributed by atoms with Crippen LogP contribution in [0.25, 0.3) is 0 Å². The second-order valence-electron chi connectivity index (χ2n) is 5.25. The van der Waals surface area contributed by atoms with Crippen LogP contribution in [0, 0.1) is 11.3 Å². The van der Waals surface area contributed by atoms with E-state index in [9.17, 15) is 13.2 Å². The fourth-order valence-electron chi connectivity index (χ4n) is 2.03. The largest absolute Gasteiger partial charge is 0.488 e. The molecule has 0 saturated heterocycles. The normalized spacial score (nSPS) is 10.8. The van der Waals surface area contributed by atoms with Gasteiger partial charge in [-0.15, -0.1) is 0 Å². The van der Waals surface area contributed by atoms with E-state index in [1.165, 1.54) is 24.3 Å². The van der Waals surface area contributed by atoms with Gasteiger partial charge in [-0.2, -0.15) is 5.26 Å². The van der Waals surface area contributed by atoms with Gasteiger partial charge in [-0.3, -0.25) is 0 Å². The van der Waals surface area contributed by atoms with E-state index in [-0.39, 0.29) is 36.6 Å². The molecule has 0 heterocycles. The molecule has 2 aromatic rings. The molecule has 0 atom stereocenters. The van der Waals surface area contributed by atoms with Crippen LogP contribution in [0.3, 0.4) is 0 Å². The van der Waals surface area contributed by atoms with Gasteiger partial charge in [0.25, 0.3) is 0 Å². The smallest absolute Gasteiger partial charge is 0.338 e. The van der Waals surface area contributed by atoms with Crippen LogP contribution in [0.4, 0.5) is 0 Å². The Kier molecular flexibility index (Phi) is 7.61. The number of rotatable bonds is 9. The maximum absolute atomic E-state index is 12.0. The van der Waals surface area contributed by atoms with E-state index in [1.54, 1.807) is 24.3 Å². The predicted molar refractivity (Wildman–Crippen MR) is 99.1 cm³/mol. The van der Waals surface area contributed by atoms with Gasteiger partial charge in [0.15, 0.2) is 0 Å². The first-order valence-electron chi connectivity index (χ1n) is 7.95. The monoisotopic (exact) mass is 408 g/mol. The molecule has 2 rings (SSSR count). The number of sulfonamides is 1. The van der Waals surface area contributed by atoms with Crippen LogP contribution in [0.1, 0.15) is 16.8 Å². The standard InChI is InChI=1S/C18H17ClN2O5S/c19-16-4-1-2-5-17(16)25-12-13-26-18(22)14-6-8-15(9-7-14)27(23,24)21-11-3-10-20/h1-2,4-9,21H,3,11-13H2. The number of hydrogen-bond donors (Lipinski definition) is 1. The maximum Gasteiger partial charge on any atom is 0.338 e. The van der Waals surface area contributed by atoms with Crippen LogP contribution in [-0.4, -0.2) is 34.1 Å². The van der Waals surface area contributed by atoms with Gasteiger partial charge in [-0.05, 0) is 36.4 Å². The molecule has 0 fully saturated rings. The zero-order chi connectivity index (χ0) is 19.7. The molecular weight excluding hydrogens is 392 g/mol. The molecule has 0 aliphatic heterocycles. The lowest BCUT2D eigenvalue weighted by Crippen LogP contribution is -2.24. The summed E-state index contributed by atoms with van der Waals surface area (Å²) in [5.74, 6) is -0.104. The summed E-state index contributed by atoms with van der Waals surface area (Å²) in [7, 11) is -3.72. The summed E-state index contributed by atoms with van der Waals surface area (Å²) in [4.78, 5) is 12.0. The van der Waals surface area contributed by atoms with E-state index < -0.39 is 16.0 Å². The van der Waals surface area contributed by atoms with Crippen molar-refractivity contribution in [2.45, 2.75) is 11.3 Å². The number of hydrogen-bond acceptors (Lipinski definition) is 6. The third kappa shape index (κ3) is 6.25. The van der Waals surface area contributed by atoms with Gasteiger partial charge < -0.3 is 9.47 Å². The van der Waals surface area contributed by atoms with Gasteiger partial charge in [0.2, 0.25) is 10.0 Å². The van der Waals surface area contributed by atoms with Gasteiger partial charge >= 0.3 is 5.97 Å². The van der Waals surface area contributed by atoms with Crippen LogP contribution in [0.15, 0.2) is 53.4 Å². The zero-order valence-corrected chi connectivity index (χ0v) is 15.8. The number of nitrogens with one attached hydrogen (secondary N) is 1. The van der Waals surface area contributed by atoms with Crippen molar-refractivity contribution in [2.75, 3.05) is 19.8 Å². The number of nitriles is 1. The minimum atomic E-state index is -3.72. The Labute approximate surface area is 162 Å². The van der Waals surface area contributed by atoms with E-state index in [2.05, 4.69) is 4.72 Å². The summed E-state index contributed by atoms with van der Waals surface area (Å²) < 4.78 is 36.8. The first-order chi connectivity index (χ1) is 12.9. The lowest BCUT2D eigenvalue weighted by atomic mass is 10.2.